The topological polar surface area (TPSA) is 9.23 Å². The van der Waals surface area contributed by atoms with Gasteiger partial charge in [0.05, 0.1) is 11.6 Å². The van der Waals surface area contributed by atoms with E-state index in [2.05, 4.69) is 37.3 Å². The Morgan fingerprint density at radius 2 is 1.83 bits per heavy atom. The van der Waals surface area contributed by atoms with Crippen LogP contribution in [0, 0.1) is 11.7 Å². The lowest BCUT2D eigenvalue weighted by Crippen LogP contribution is -2.02. The van der Waals surface area contributed by atoms with Crippen molar-refractivity contribution in [2.24, 2.45) is 5.92 Å². The van der Waals surface area contributed by atoms with E-state index in [-0.39, 0.29) is 10.8 Å². The molecular formula is C26H30ClFO. The normalized spacial score (nSPS) is 16.8. The Morgan fingerprint density at radius 1 is 1.07 bits per heavy atom. The van der Waals surface area contributed by atoms with E-state index in [0.717, 1.165) is 24.8 Å². The highest BCUT2D eigenvalue weighted by Crippen LogP contribution is 2.36. The molecule has 1 aliphatic rings. The number of unbranched alkanes of at least 4 members (excludes halogenated alkanes) is 1. The molecule has 0 fully saturated rings. The van der Waals surface area contributed by atoms with Crippen LogP contribution >= 0.6 is 11.6 Å². The molecule has 3 rings (SSSR count). The van der Waals surface area contributed by atoms with Crippen LogP contribution in [0.1, 0.15) is 57.9 Å². The summed E-state index contributed by atoms with van der Waals surface area (Å²) in [6.45, 7) is 4.68. The van der Waals surface area contributed by atoms with Gasteiger partial charge in [-0.1, -0.05) is 74.4 Å². The Kier molecular flexibility index (Phi) is 7.94. The third-order valence-corrected chi connectivity index (χ3v) is 5.76. The average Bonchev–Trinajstić information content (AvgIpc) is 2.76. The van der Waals surface area contributed by atoms with Crippen LogP contribution in [0.5, 0.6) is 5.75 Å². The summed E-state index contributed by atoms with van der Waals surface area (Å²) in [6.07, 6.45) is 13.7. The second-order valence-electron chi connectivity index (χ2n) is 7.65. The van der Waals surface area contributed by atoms with E-state index in [1.54, 1.807) is 6.07 Å². The molecular weight excluding hydrogens is 383 g/mol. The number of hydrogen-bond donors (Lipinski definition) is 0. The predicted octanol–water partition coefficient (Wildman–Crippen LogP) is 8.47. The van der Waals surface area contributed by atoms with Gasteiger partial charge in [0.1, 0.15) is 0 Å². The van der Waals surface area contributed by atoms with Crippen LogP contribution in [-0.2, 0) is 0 Å². The van der Waals surface area contributed by atoms with E-state index in [9.17, 15) is 4.39 Å². The molecule has 0 saturated carbocycles. The van der Waals surface area contributed by atoms with Gasteiger partial charge in [0, 0.05) is 5.56 Å². The van der Waals surface area contributed by atoms with Gasteiger partial charge in [-0.2, -0.15) is 0 Å². The quantitative estimate of drug-likeness (QED) is 0.395. The number of rotatable bonds is 8. The summed E-state index contributed by atoms with van der Waals surface area (Å²) in [4.78, 5) is 0. The summed E-state index contributed by atoms with van der Waals surface area (Å²) in [5, 5.41) is 0.116. The van der Waals surface area contributed by atoms with Crippen LogP contribution in [0.4, 0.5) is 4.39 Å². The van der Waals surface area contributed by atoms with Gasteiger partial charge < -0.3 is 4.74 Å². The molecule has 0 aromatic heterocycles. The average molecular weight is 413 g/mol. The van der Waals surface area contributed by atoms with Gasteiger partial charge in [-0.15, -0.1) is 0 Å². The zero-order chi connectivity index (χ0) is 20.6. The maximum Gasteiger partial charge on any atom is 0.184 e. The summed E-state index contributed by atoms with van der Waals surface area (Å²) >= 11 is 6.30. The second-order valence-corrected chi connectivity index (χ2v) is 8.02. The first kappa shape index (κ1) is 21.6. The smallest absolute Gasteiger partial charge is 0.184 e. The van der Waals surface area contributed by atoms with Crippen LogP contribution in [0.3, 0.4) is 0 Å². The fourth-order valence-corrected chi connectivity index (χ4v) is 3.95. The van der Waals surface area contributed by atoms with Crippen molar-refractivity contribution in [1.82, 2.24) is 0 Å². The van der Waals surface area contributed by atoms with Gasteiger partial charge in [-0.3, -0.25) is 0 Å². The predicted molar refractivity (Wildman–Crippen MR) is 122 cm³/mol. The van der Waals surface area contributed by atoms with E-state index < -0.39 is 5.82 Å². The molecule has 0 spiro atoms. The molecule has 0 bridgehead atoms. The van der Waals surface area contributed by atoms with Crippen LogP contribution in [-0.4, -0.2) is 6.61 Å². The summed E-state index contributed by atoms with van der Waals surface area (Å²) in [7, 11) is 0. The van der Waals surface area contributed by atoms with Gasteiger partial charge in [0.2, 0.25) is 0 Å². The molecule has 0 aliphatic heterocycles. The first-order valence-corrected chi connectivity index (χ1v) is 11.1. The highest BCUT2D eigenvalue weighted by molar-refractivity contribution is 6.33. The van der Waals surface area contributed by atoms with Gasteiger partial charge in [0.15, 0.2) is 11.6 Å². The number of hydrogen-bond acceptors (Lipinski definition) is 1. The van der Waals surface area contributed by atoms with Crippen molar-refractivity contribution in [2.45, 2.75) is 52.4 Å². The largest absolute Gasteiger partial charge is 0.490 e. The monoisotopic (exact) mass is 412 g/mol. The van der Waals surface area contributed by atoms with Crippen LogP contribution in [0.15, 0.2) is 54.6 Å². The molecule has 0 heterocycles. The fraction of sp³-hybridized carbons (Fsp3) is 0.385. The Bertz CT molecular complexity index is 867. The summed E-state index contributed by atoms with van der Waals surface area (Å²) in [5.41, 5.74) is 4.25. The number of benzene rings is 2. The molecule has 154 valence electrons. The number of allylic oxidation sites excluding steroid dienone is 4. The molecule has 0 amide bonds. The van der Waals surface area contributed by atoms with E-state index in [0.29, 0.717) is 18.1 Å². The first-order valence-electron chi connectivity index (χ1n) is 10.7. The van der Waals surface area contributed by atoms with Crippen LogP contribution in [0.2, 0.25) is 5.02 Å². The van der Waals surface area contributed by atoms with Crippen molar-refractivity contribution in [1.29, 1.82) is 0 Å². The third-order valence-electron chi connectivity index (χ3n) is 5.39. The Balaban J connectivity index is 1.72. The lowest BCUT2D eigenvalue weighted by Gasteiger charge is -2.20. The molecule has 0 N–H and O–H groups in total. The van der Waals surface area contributed by atoms with Gasteiger partial charge in [-0.05, 0) is 66.9 Å². The summed E-state index contributed by atoms with van der Waals surface area (Å²) < 4.78 is 19.9. The molecule has 2 aromatic carbocycles. The SMILES string of the molecule is CCCC=CC1CC=C(c2ccc(-c3ccc(OCCC)c(F)c3Cl)cc2)CC1. The van der Waals surface area contributed by atoms with Gasteiger partial charge >= 0.3 is 0 Å². The standard InChI is InChI=1S/C26H30ClFO/c1-3-5-6-7-19-8-10-20(11-9-19)21-12-14-22(15-13-21)23-16-17-24(29-18-4-2)26(28)25(23)27/h6-7,10,12-17,19H,3-5,8-9,11,18H2,1-2H3. The maximum atomic E-state index is 14.5. The van der Waals surface area contributed by atoms with E-state index in [1.165, 1.54) is 30.4 Å². The molecule has 2 aromatic rings. The molecule has 1 nitrogen and oxygen atoms in total. The molecule has 29 heavy (non-hydrogen) atoms. The molecule has 1 unspecified atom stereocenters. The minimum absolute atomic E-state index is 0.116. The molecule has 1 atom stereocenters. The van der Waals surface area contributed by atoms with Crippen molar-refractivity contribution in [3.8, 4) is 16.9 Å². The molecule has 0 radical (unpaired) electrons. The van der Waals surface area contributed by atoms with Crippen molar-refractivity contribution in [3.63, 3.8) is 0 Å². The van der Waals surface area contributed by atoms with Crippen molar-refractivity contribution < 1.29 is 9.13 Å². The molecule has 1 aliphatic carbocycles. The van der Waals surface area contributed by atoms with Crippen molar-refractivity contribution >= 4 is 17.2 Å². The summed E-state index contributed by atoms with van der Waals surface area (Å²) in [5.74, 6) is 0.394. The van der Waals surface area contributed by atoms with Gasteiger partial charge in [-0.25, -0.2) is 4.39 Å². The molecule has 0 saturated heterocycles. The second kappa shape index (κ2) is 10.6. The van der Waals surface area contributed by atoms with E-state index in [1.807, 2.05) is 25.1 Å². The maximum absolute atomic E-state index is 14.5. The third kappa shape index (κ3) is 5.51. The van der Waals surface area contributed by atoms with Crippen LogP contribution in [0.25, 0.3) is 16.7 Å². The Morgan fingerprint density at radius 3 is 2.48 bits per heavy atom. The van der Waals surface area contributed by atoms with Gasteiger partial charge in [0.25, 0.3) is 0 Å². The minimum atomic E-state index is -0.487. The Hall–Kier alpha value is -2.06. The number of ether oxygens (including phenoxy) is 1. The minimum Gasteiger partial charge on any atom is -0.490 e. The highest BCUT2D eigenvalue weighted by atomic mass is 35.5. The lowest BCUT2D eigenvalue weighted by molar-refractivity contribution is 0.301. The highest BCUT2D eigenvalue weighted by Gasteiger charge is 2.16. The van der Waals surface area contributed by atoms with Crippen molar-refractivity contribution in [2.75, 3.05) is 6.61 Å². The van der Waals surface area contributed by atoms with E-state index >= 15 is 0 Å². The zero-order valence-corrected chi connectivity index (χ0v) is 18.1. The number of halogens is 2. The first-order chi connectivity index (χ1) is 14.1. The fourth-order valence-electron chi connectivity index (χ4n) is 3.69. The van der Waals surface area contributed by atoms with Crippen molar-refractivity contribution in [3.05, 3.63) is 71.0 Å². The zero-order valence-electron chi connectivity index (χ0n) is 17.4. The summed E-state index contributed by atoms with van der Waals surface area (Å²) in [6, 6.07) is 11.8. The molecule has 3 heteroatoms. The lowest BCUT2D eigenvalue weighted by atomic mass is 9.86. The van der Waals surface area contributed by atoms with Crippen LogP contribution < -0.4 is 4.74 Å². The van der Waals surface area contributed by atoms with E-state index in [4.69, 9.17) is 16.3 Å². The Labute approximate surface area is 179 Å².